The van der Waals surface area contributed by atoms with Gasteiger partial charge in [0.25, 0.3) is 5.91 Å². The normalized spacial score (nSPS) is 23.1. The first kappa shape index (κ1) is 20.0. The molecule has 1 saturated heterocycles. The van der Waals surface area contributed by atoms with Gasteiger partial charge >= 0.3 is 5.97 Å². The summed E-state index contributed by atoms with van der Waals surface area (Å²) >= 11 is 5.67. The Morgan fingerprint density at radius 2 is 1.89 bits per heavy atom. The topological polar surface area (TPSA) is 84.0 Å². The average Bonchev–Trinajstić information content (AvgIpc) is 3.38. The van der Waals surface area contributed by atoms with Crippen molar-refractivity contribution >= 4 is 33.5 Å². The Morgan fingerprint density at radius 1 is 1.26 bits per heavy atom. The van der Waals surface area contributed by atoms with Crippen LogP contribution in [0.2, 0.25) is 5.02 Å². The Bertz CT molecular complexity index is 855. The lowest BCUT2D eigenvalue weighted by Gasteiger charge is -2.33. The van der Waals surface area contributed by atoms with Crippen LogP contribution in [-0.4, -0.2) is 62.3 Å². The molecule has 1 aliphatic heterocycles. The molecule has 1 aromatic carbocycles. The van der Waals surface area contributed by atoms with Crippen LogP contribution < -0.4 is 0 Å². The molecule has 0 radical (unpaired) electrons. The van der Waals surface area contributed by atoms with Gasteiger partial charge < -0.3 is 9.64 Å². The molecular formula is C17H20ClFN2O5S. The number of hydrogen-bond acceptors (Lipinski definition) is 5. The maximum atomic E-state index is 13.3. The molecule has 0 spiro atoms. The van der Waals surface area contributed by atoms with Crippen molar-refractivity contribution in [2.75, 3.05) is 32.8 Å². The van der Waals surface area contributed by atoms with Crippen LogP contribution in [0.5, 0.6) is 0 Å². The highest BCUT2D eigenvalue weighted by molar-refractivity contribution is 7.89. The number of benzene rings is 1. The van der Waals surface area contributed by atoms with Crippen LogP contribution in [0.25, 0.3) is 0 Å². The first-order valence-electron chi connectivity index (χ1n) is 8.60. The van der Waals surface area contributed by atoms with Gasteiger partial charge in [-0.05, 0) is 30.5 Å². The van der Waals surface area contributed by atoms with E-state index in [4.69, 9.17) is 16.3 Å². The van der Waals surface area contributed by atoms with Gasteiger partial charge in [0.2, 0.25) is 10.0 Å². The second-order valence-electron chi connectivity index (χ2n) is 6.79. The Labute approximate surface area is 162 Å². The summed E-state index contributed by atoms with van der Waals surface area (Å²) in [6, 6.07) is 3.23. The molecule has 1 saturated carbocycles. The number of carbonyl (C=O) groups excluding carboxylic acids is 2. The molecule has 10 heteroatoms. The molecule has 0 unspecified atom stereocenters. The van der Waals surface area contributed by atoms with E-state index < -0.39 is 15.8 Å². The minimum Gasteiger partial charge on any atom is -0.455 e. The average molecular weight is 419 g/mol. The van der Waals surface area contributed by atoms with Crippen LogP contribution in [0.1, 0.15) is 13.3 Å². The maximum Gasteiger partial charge on any atom is 0.309 e. The third-order valence-corrected chi connectivity index (χ3v) is 7.05. The van der Waals surface area contributed by atoms with Crippen LogP contribution in [0, 0.1) is 17.7 Å². The number of carbonyl (C=O) groups is 2. The van der Waals surface area contributed by atoms with Gasteiger partial charge in [0.15, 0.2) is 6.61 Å². The van der Waals surface area contributed by atoms with E-state index in [1.54, 1.807) is 0 Å². The van der Waals surface area contributed by atoms with Crippen LogP contribution >= 0.6 is 11.6 Å². The molecule has 0 aromatic heterocycles. The van der Waals surface area contributed by atoms with E-state index in [-0.39, 0.29) is 60.5 Å². The van der Waals surface area contributed by atoms with E-state index in [2.05, 4.69) is 0 Å². The molecule has 148 valence electrons. The van der Waals surface area contributed by atoms with E-state index in [1.807, 2.05) is 6.92 Å². The zero-order valence-electron chi connectivity index (χ0n) is 14.7. The Balaban J connectivity index is 1.53. The molecule has 1 aromatic rings. The quantitative estimate of drug-likeness (QED) is 0.677. The van der Waals surface area contributed by atoms with Crippen molar-refractivity contribution in [2.24, 2.45) is 11.8 Å². The van der Waals surface area contributed by atoms with Crippen LogP contribution in [0.3, 0.4) is 0 Å². The number of sulfonamides is 1. The van der Waals surface area contributed by atoms with Crippen molar-refractivity contribution in [3.05, 3.63) is 29.0 Å². The molecule has 0 N–H and O–H groups in total. The van der Waals surface area contributed by atoms with Gasteiger partial charge in [0.05, 0.1) is 15.8 Å². The van der Waals surface area contributed by atoms with Gasteiger partial charge in [0.1, 0.15) is 5.82 Å². The number of ether oxygens (including phenoxy) is 1. The Morgan fingerprint density at radius 3 is 2.44 bits per heavy atom. The Hall–Kier alpha value is -1.71. The SMILES string of the molecule is C[C@H]1C[C@@H]1C(=O)OCC(=O)N1CCN(S(=O)(=O)c2ccc(F)c(Cl)c2)CC1. The highest BCUT2D eigenvalue weighted by Gasteiger charge is 2.41. The standard InChI is InChI=1S/C17H20ClFN2O5S/c1-11-8-13(11)17(23)26-10-16(22)20-4-6-21(7-5-20)27(24,25)12-2-3-15(19)14(18)9-12/h2-3,9,11,13H,4-8,10H2,1H3/t11-,13-/m0/s1. The number of esters is 1. The molecule has 3 rings (SSSR count). The summed E-state index contributed by atoms with van der Waals surface area (Å²) in [4.78, 5) is 25.2. The number of halogens is 2. The number of nitrogens with zero attached hydrogens (tertiary/aromatic N) is 2. The fourth-order valence-electron chi connectivity index (χ4n) is 2.95. The third-order valence-electron chi connectivity index (χ3n) is 4.87. The van der Waals surface area contributed by atoms with Crippen molar-refractivity contribution in [3.8, 4) is 0 Å². The van der Waals surface area contributed by atoms with Crippen molar-refractivity contribution in [1.82, 2.24) is 9.21 Å². The smallest absolute Gasteiger partial charge is 0.309 e. The highest BCUT2D eigenvalue weighted by Crippen LogP contribution is 2.38. The third kappa shape index (κ3) is 4.41. The summed E-state index contributed by atoms with van der Waals surface area (Å²) in [5, 5.41) is -0.267. The van der Waals surface area contributed by atoms with Gasteiger partial charge in [-0.15, -0.1) is 0 Å². The lowest BCUT2D eigenvalue weighted by Crippen LogP contribution is -2.51. The summed E-state index contributed by atoms with van der Waals surface area (Å²) in [5.74, 6) is -1.20. The largest absolute Gasteiger partial charge is 0.455 e. The zero-order valence-corrected chi connectivity index (χ0v) is 16.3. The molecule has 2 aliphatic rings. The molecule has 1 aliphatic carbocycles. The first-order chi connectivity index (χ1) is 12.7. The van der Waals surface area contributed by atoms with E-state index in [1.165, 1.54) is 9.21 Å². The van der Waals surface area contributed by atoms with Crippen molar-refractivity contribution in [2.45, 2.75) is 18.2 Å². The van der Waals surface area contributed by atoms with E-state index in [0.29, 0.717) is 5.92 Å². The van der Waals surface area contributed by atoms with E-state index in [0.717, 1.165) is 24.6 Å². The van der Waals surface area contributed by atoms with Gasteiger partial charge in [-0.25, -0.2) is 12.8 Å². The van der Waals surface area contributed by atoms with Gasteiger partial charge in [-0.3, -0.25) is 9.59 Å². The van der Waals surface area contributed by atoms with E-state index >= 15 is 0 Å². The first-order valence-corrected chi connectivity index (χ1v) is 10.4. The molecule has 2 atom stereocenters. The van der Waals surface area contributed by atoms with Gasteiger partial charge in [0, 0.05) is 26.2 Å². The summed E-state index contributed by atoms with van der Waals surface area (Å²) in [5.41, 5.74) is 0. The van der Waals surface area contributed by atoms with Gasteiger partial charge in [-0.2, -0.15) is 4.31 Å². The number of piperazine rings is 1. The second kappa shape index (κ2) is 7.73. The lowest BCUT2D eigenvalue weighted by molar-refractivity contribution is -0.153. The summed E-state index contributed by atoms with van der Waals surface area (Å²) in [6.45, 7) is 2.17. The predicted molar refractivity (Wildman–Crippen MR) is 95.0 cm³/mol. The monoisotopic (exact) mass is 418 g/mol. The van der Waals surface area contributed by atoms with Crippen molar-refractivity contribution < 1.29 is 27.1 Å². The highest BCUT2D eigenvalue weighted by atomic mass is 35.5. The van der Waals surface area contributed by atoms with Crippen molar-refractivity contribution in [3.63, 3.8) is 0 Å². The molecule has 1 heterocycles. The van der Waals surface area contributed by atoms with Gasteiger partial charge in [-0.1, -0.05) is 18.5 Å². The summed E-state index contributed by atoms with van der Waals surface area (Å²) < 4.78 is 44.8. The Kier molecular flexibility index (Phi) is 5.73. The molecular weight excluding hydrogens is 399 g/mol. The van der Waals surface area contributed by atoms with Crippen LogP contribution in [0.15, 0.2) is 23.1 Å². The van der Waals surface area contributed by atoms with E-state index in [9.17, 15) is 22.4 Å². The zero-order chi connectivity index (χ0) is 19.8. The number of rotatable bonds is 5. The minimum absolute atomic E-state index is 0.0939. The fraction of sp³-hybridized carbons (Fsp3) is 0.529. The summed E-state index contributed by atoms with van der Waals surface area (Å²) in [6.07, 6.45) is 0.789. The fourth-order valence-corrected chi connectivity index (χ4v) is 4.64. The van der Waals surface area contributed by atoms with Crippen LogP contribution in [0.4, 0.5) is 4.39 Å². The molecule has 0 bridgehead atoms. The number of hydrogen-bond donors (Lipinski definition) is 0. The molecule has 27 heavy (non-hydrogen) atoms. The molecule has 7 nitrogen and oxygen atoms in total. The molecule has 1 amide bonds. The minimum atomic E-state index is -3.83. The van der Waals surface area contributed by atoms with Crippen LogP contribution in [-0.2, 0) is 24.3 Å². The second-order valence-corrected chi connectivity index (χ2v) is 9.13. The number of amides is 1. The maximum absolute atomic E-state index is 13.3. The predicted octanol–water partition coefficient (Wildman–Crippen LogP) is 1.51. The molecule has 2 fully saturated rings. The van der Waals surface area contributed by atoms with Crippen molar-refractivity contribution in [1.29, 1.82) is 0 Å². The summed E-state index contributed by atoms with van der Waals surface area (Å²) in [7, 11) is -3.83. The lowest BCUT2D eigenvalue weighted by atomic mass is 10.3.